The Hall–Kier alpha value is -3.39. The van der Waals surface area contributed by atoms with E-state index in [-0.39, 0.29) is 18.5 Å². The highest BCUT2D eigenvalue weighted by Gasteiger charge is 2.31. The molecule has 2 aliphatic rings. The molecular formula is C32H33F5N2O. The fourth-order valence-electron chi connectivity index (χ4n) is 5.90. The van der Waals surface area contributed by atoms with E-state index in [9.17, 15) is 17.6 Å². The van der Waals surface area contributed by atoms with Crippen LogP contribution < -0.4 is 10.5 Å². The molecule has 0 spiro atoms. The van der Waals surface area contributed by atoms with Gasteiger partial charge < -0.3 is 10.5 Å². The van der Waals surface area contributed by atoms with E-state index in [1.165, 1.54) is 12.1 Å². The van der Waals surface area contributed by atoms with Gasteiger partial charge >= 0.3 is 6.18 Å². The zero-order chi connectivity index (χ0) is 28.4. The average molecular weight is 557 g/mol. The van der Waals surface area contributed by atoms with Crippen LogP contribution in [0.15, 0.2) is 54.6 Å². The summed E-state index contributed by atoms with van der Waals surface area (Å²) >= 11 is 0. The monoisotopic (exact) mass is 556 g/mol. The first-order valence-corrected chi connectivity index (χ1v) is 13.7. The van der Waals surface area contributed by atoms with Crippen LogP contribution in [0.5, 0.6) is 5.75 Å². The third kappa shape index (κ3) is 5.87. The van der Waals surface area contributed by atoms with Crippen molar-refractivity contribution in [2.45, 2.75) is 51.3 Å². The van der Waals surface area contributed by atoms with Gasteiger partial charge in [-0.2, -0.15) is 13.2 Å². The smallest absolute Gasteiger partial charge is 0.416 e. The average Bonchev–Trinajstić information content (AvgIpc) is 3.28. The van der Waals surface area contributed by atoms with Crippen LogP contribution in [0.25, 0.3) is 11.1 Å². The van der Waals surface area contributed by atoms with E-state index in [1.54, 1.807) is 13.0 Å². The molecule has 0 bridgehead atoms. The molecule has 3 aromatic carbocycles. The number of benzene rings is 3. The molecule has 1 aliphatic heterocycles. The van der Waals surface area contributed by atoms with E-state index in [2.05, 4.69) is 4.90 Å². The third-order valence-electron chi connectivity index (χ3n) is 7.86. The van der Waals surface area contributed by atoms with Crippen molar-refractivity contribution in [3.63, 3.8) is 0 Å². The lowest BCUT2D eigenvalue weighted by atomic mass is 9.86. The van der Waals surface area contributed by atoms with Gasteiger partial charge in [0.1, 0.15) is 17.7 Å². The summed E-state index contributed by atoms with van der Waals surface area (Å²) in [4.78, 5) is 2.20. The van der Waals surface area contributed by atoms with Crippen LogP contribution in [-0.4, -0.2) is 37.3 Å². The summed E-state index contributed by atoms with van der Waals surface area (Å²) in [5.41, 5.74) is 10.2. The number of rotatable bonds is 7. The van der Waals surface area contributed by atoms with E-state index in [0.29, 0.717) is 53.7 Å². The van der Waals surface area contributed by atoms with Crippen molar-refractivity contribution < 1.29 is 26.7 Å². The Morgan fingerprint density at radius 2 is 1.75 bits per heavy atom. The van der Waals surface area contributed by atoms with E-state index in [4.69, 9.17) is 10.5 Å². The second-order valence-corrected chi connectivity index (χ2v) is 10.6. The first kappa shape index (κ1) is 28.1. The first-order valence-electron chi connectivity index (χ1n) is 13.7. The highest BCUT2D eigenvalue weighted by Crippen LogP contribution is 2.43. The number of halogens is 5. The number of aryl methyl sites for hydroxylation is 1. The molecule has 1 heterocycles. The van der Waals surface area contributed by atoms with Gasteiger partial charge in [-0.15, -0.1) is 0 Å². The van der Waals surface area contributed by atoms with Gasteiger partial charge in [-0.25, -0.2) is 4.39 Å². The number of alkyl halides is 4. The number of allylic oxidation sites excluding steroid dienone is 1. The fraction of sp³-hybridized carbons (Fsp3) is 0.375. The lowest BCUT2D eigenvalue weighted by Crippen LogP contribution is -2.26. The van der Waals surface area contributed by atoms with E-state index >= 15 is 4.39 Å². The molecule has 0 amide bonds. The van der Waals surface area contributed by atoms with Gasteiger partial charge in [0, 0.05) is 19.6 Å². The summed E-state index contributed by atoms with van der Waals surface area (Å²) in [6, 6.07) is 14.8. The molecule has 1 saturated heterocycles. The number of nitrogens with zero attached hydrogens (tertiary/aromatic N) is 1. The minimum atomic E-state index is -4.43. The number of hydrogen-bond donors (Lipinski definition) is 1. The van der Waals surface area contributed by atoms with Crippen LogP contribution in [0.3, 0.4) is 0 Å². The number of nitrogen functional groups attached to an aromatic ring is 1. The van der Waals surface area contributed by atoms with E-state index < -0.39 is 17.6 Å². The summed E-state index contributed by atoms with van der Waals surface area (Å²) < 4.78 is 74.1. The Labute approximate surface area is 231 Å². The summed E-state index contributed by atoms with van der Waals surface area (Å²) in [6.45, 7) is 3.69. The molecule has 1 atom stereocenters. The molecule has 2 N–H and O–H groups in total. The molecule has 0 saturated carbocycles. The quantitative estimate of drug-likeness (QED) is 0.238. The zero-order valence-corrected chi connectivity index (χ0v) is 22.5. The SMILES string of the molecule is Cc1cc(C(F)(F)F)ccc1C1=C(c2ccc(O[C@H]3CCN(CCCF)C3)cc2)c2ccc(N)c(F)c2CCC1. The minimum Gasteiger partial charge on any atom is -0.489 e. The van der Waals surface area contributed by atoms with E-state index in [0.717, 1.165) is 48.8 Å². The molecular weight excluding hydrogens is 523 g/mol. The Bertz CT molecular complexity index is 1400. The van der Waals surface area contributed by atoms with E-state index in [1.807, 2.05) is 30.3 Å². The van der Waals surface area contributed by atoms with Crippen LogP contribution in [0, 0.1) is 12.7 Å². The third-order valence-corrected chi connectivity index (χ3v) is 7.86. The molecule has 0 aromatic heterocycles. The van der Waals surface area contributed by atoms with Gasteiger partial charge in [0.25, 0.3) is 0 Å². The molecule has 40 heavy (non-hydrogen) atoms. The molecule has 212 valence electrons. The fourth-order valence-corrected chi connectivity index (χ4v) is 5.90. The lowest BCUT2D eigenvalue weighted by molar-refractivity contribution is -0.137. The standard InChI is InChI=1S/C32H33F5N2O/c1-20-18-22(32(35,36)37)8-11-25(20)26-4-2-5-28-27(12-13-29(38)31(28)34)30(26)21-6-9-23(10-7-21)40-24-14-17-39(19-24)16-3-15-33/h6-13,18,24H,2-5,14-17,19,38H2,1H3/t24-/m0/s1. The molecule has 0 unspecified atom stereocenters. The predicted octanol–water partition coefficient (Wildman–Crippen LogP) is 7.84. The van der Waals surface area contributed by atoms with Gasteiger partial charge in [-0.3, -0.25) is 9.29 Å². The van der Waals surface area contributed by atoms with Crippen LogP contribution >= 0.6 is 0 Å². The van der Waals surface area contributed by atoms with Gasteiger partial charge in [0.2, 0.25) is 0 Å². The van der Waals surface area contributed by atoms with Gasteiger partial charge in [-0.1, -0.05) is 24.3 Å². The van der Waals surface area contributed by atoms with Crippen LogP contribution in [0.1, 0.15) is 59.1 Å². The highest BCUT2D eigenvalue weighted by molar-refractivity contribution is 6.00. The lowest BCUT2D eigenvalue weighted by Gasteiger charge is -2.20. The Morgan fingerprint density at radius 3 is 2.45 bits per heavy atom. The Morgan fingerprint density at radius 1 is 1.00 bits per heavy atom. The van der Waals surface area contributed by atoms with Crippen molar-refractivity contribution in [1.82, 2.24) is 4.90 Å². The molecule has 3 aromatic rings. The van der Waals surface area contributed by atoms with Crippen LogP contribution in [-0.2, 0) is 12.6 Å². The molecule has 1 fully saturated rings. The number of likely N-dealkylation sites (tertiary alicyclic amines) is 1. The first-order chi connectivity index (χ1) is 19.2. The van der Waals surface area contributed by atoms with Crippen LogP contribution in [0.4, 0.5) is 27.6 Å². The molecule has 8 heteroatoms. The molecule has 1 aliphatic carbocycles. The Balaban J connectivity index is 1.53. The van der Waals surface area contributed by atoms with Crippen molar-refractivity contribution >= 4 is 16.8 Å². The van der Waals surface area contributed by atoms with Crippen molar-refractivity contribution in [1.29, 1.82) is 0 Å². The zero-order valence-electron chi connectivity index (χ0n) is 22.5. The summed E-state index contributed by atoms with van der Waals surface area (Å²) in [6.07, 6.45) is -1.35. The predicted molar refractivity (Wildman–Crippen MR) is 148 cm³/mol. The Kier molecular flexibility index (Phi) is 8.17. The highest BCUT2D eigenvalue weighted by atomic mass is 19.4. The molecule has 0 radical (unpaired) electrons. The topological polar surface area (TPSA) is 38.5 Å². The largest absolute Gasteiger partial charge is 0.489 e. The number of anilines is 1. The second kappa shape index (κ2) is 11.6. The van der Waals surface area contributed by atoms with Crippen molar-refractivity contribution in [2.75, 3.05) is 32.0 Å². The van der Waals surface area contributed by atoms with Gasteiger partial charge in [0.05, 0.1) is 17.9 Å². The summed E-state index contributed by atoms with van der Waals surface area (Å²) in [5, 5.41) is 0. The van der Waals surface area contributed by atoms with Crippen molar-refractivity contribution in [2.24, 2.45) is 0 Å². The number of hydrogen-bond acceptors (Lipinski definition) is 3. The molecule has 5 rings (SSSR count). The summed E-state index contributed by atoms with van der Waals surface area (Å²) in [5.74, 6) is 0.255. The van der Waals surface area contributed by atoms with Crippen LogP contribution in [0.2, 0.25) is 0 Å². The maximum atomic E-state index is 15.2. The number of fused-ring (bicyclic) bond motifs is 1. The van der Waals surface area contributed by atoms with Gasteiger partial charge in [0.15, 0.2) is 0 Å². The normalized spacial score (nSPS) is 18.1. The second-order valence-electron chi connectivity index (χ2n) is 10.6. The maximum absolute atomic E-state index is 15.2. The number of nitrogens with two attached hydrogens (primary N) is 1. The summed E-state index contributed by atoms with van der Waals surface area (Å²) in [7, 11) is 0. The molecule has 3 nitrogen and oxygen atoms in total. The minimum absolute atomic E-state index is 0.0192. The van der Waals surface area contributed by atoms with Crippen molar-refractivity contribution in [3.05, 3.63) is 93.8 Å². The van der Waals surface area contributed by atoms with Crippen molar-refractivity contribution in [3.8, 4) is 5.75 Å². The van der Waals surface area contributed by atoms with Gasteiger partial charge in [-0.05, 0) is 108 Å². The maximum Gasteiger partial charge on any atom is 0.416 e. The number of ether oxygens (including phenoxy) is 1.